The van der Waals surface area contributed by atoms with Gasteiger partial charge in [0.25, 0.3) is 0 Å². The summed E-state index contributed by atoms with van der Waals surface area (Å²) in [5, 5.41) is 3.14. The van der Waals surface area contributed by atoms with Crippen molar-refractivity contribution in [3.8, 4) is 5.75 Å². The van der Waals surface area contributed by atoms with Gasteiger partial charge in [-0.3, -0.25) is 4.79 Å². The lowest BCUT2D eigenvalue weighted by Crippen LogP contribution is -2.43. The smallest absolute Gasteiger partial charge is 0.244 e. The highest BCUT2D eigenvalue weighted by molar-refractivity contribution is 5.91. The Morgan fingerprint density at radius 2 is 1.95 bits per heavy atom. The van der Waals surface area contributed by atoms with Crippen molar-refractivity contribution in [2.75, 3.05) is 7.11 Å². The van der Waals surface area contributed by atoms with Crippen LogP contribution in [0.2, 0.25) is 0 Å². The molecule has 1 aromatic rings. The lowest BCUT2D eigenvalue weighted by molar-refractivity contribution is -0.117. The number of amides is 1. The molecule has 1 saturated carbocycles. The van der Waals surface area contributed by atoms with Crippen LogP contribution in [0.1, 0.15) is 38.7 Å². The van der Waals surface area contributed by atoms with Crippen molar-refractivity contribution in [1.82, 2.24) is 5.32 Å². The first kappa shape index (κ1) is 15.6. The zero-order valence-corrected chi connectivity index (χ0v) is 13.1. The van der Waals surface area contributed by atoms with E-state index in [4.69, 9.17) is 4.74 Å². The third-order valence-corrected chi connectivity index (χ3v) is 4.58. The molecule has 1 aliphatic carbocycles. The highest BCUT2D eigenvalue weighted by Gasteiger charge is 2.27. The van der Waals surface area contributed by atoms with Crippen LogP contribution in [0.4, 0.5) is 0 Å². The fraction of sp³-hybridized carbons (Fsp3) is 0.500. The Balaban J connectivity index is 1.89. The average molecular weight is 287 g/mol. The van der Waals surface area contributed by atoms with E-state index in [1.807, 2.05) is 30.3 Å². The average Bonchev–Trinajstić information content (AvgIpc) is 2.50. The molecular weight excluding hydrogens is 262 g/mol. The molecule has 1 aromatic carbocycles. The van der Waals surface area contributed by atoms with Gasteiger partial charge in [0.2, 0.25) is 5.91 Å². The summed E-state index contributed by atoms with van der Waals surface area (Å²) in [6, 6.07) is 7.97. The zero-order chi connectivity index (χ0) is 15.2. The van der Waals surface area contributed by atoms with Gasteiger partial charge in [-0.25, -0.2) is 0 Å². The maximum absolute atomic E-state index is 12.0. The lowest BCUT2D eigenvalue weighted by Gasteiger charge is -2.34. The topological polar surface area (TPSA) is 38.3 Å². The van der Waals surface area contributed by atoms with Crippen LogP contribution in [0.15, 0.2) is 30.3 Å². The molecule has 21 heavy (non-hydrogen) atoms. The van der Waals surface area contributed by atoms with E-state index in [0.717, 1.165) is 17.7 Å². The van der Waals surface area contributed by atoms with E-state index in [0.29, 0.717) is 17.9 Å². The normalized spacial score (nSPS) is 25.8. The Morgan fingerprint density at radius 1 is 1.24 bits per heavy atom. The van der Waals surface area contributed by atoms with E-state index >= 15 is 0 Å². The summed E-state index contributed by atoms with van der Waals surface area (Å²) < 4.78 is 5.11. The number of ether oxygens (including phenoxy) is 1. The first-order valence-corrected chi connectivity index (χ1v) is 7.73. The third kappa shape index (κ3) is 4.35. The van der Waals surface area contributed by atoms with Gasteiger partial charge in [-0.2, -0.15) is 0 Å². The van der Waals surface area contributed by atoms with E-state index in [1.165, 1.54) is 12.8 Å². The number of benzene rings is 1. The number of nitrogens with one attached hydrogen (secondary N) is 1. The van der Waals surface area contributed by atoms with E-state index < -0.39 is 0 Å². The summed E-state index contributed by atoms with van der Waals surface area (Å²) in [5.74, 6) is 2.06. The van der Waals surface area contributed by atoms with Gasteiger partial charge in [0.15, 0.2) is 0 Å². The number of rotatable bonds is 4. The monoisotopic (exact) mass is 287 g/mol. The second-order valence-corrected chi connectivity index (χ2v) is 5.99. The summed E-state index contributed by atoms with van der Waals surface area (Å²) in [6.07, 6.45) is 7.03. The van der Waals surface area contributed by atoms with Crippen molar-refractivity contribution in [2.45, 2.75) is 39.2 Å². The Morgan fingerprint density at radius 3 is 2.62 bits per heavy atom. The molecule has 2 rings (SSSR count). The van der Waals surface area contributed by atoms with Gasteiger partial charge in [0.1, 0.15) is 5.75 Å². The minimum atomic E-state index is -0.00299. The summed E-state index contributed by atoms with van der Waals surface area (Å²) in [6.45, 7) is 4.51. The Kier molecular flexibility index (Phi) is 5.43. The first-order chi connectivity index (χ1) is 10.1. The van der Waals surface area contributed by atoms with E-state index in [1.54, 1.807) is 13.2 Å². The summed E-state index contributed by atoms with van der Waals surface area (Å²) in [7, 11) is 1.64. The second kappa shape index (κ2) is 7.30. The van der Waals surface area contributed by atoms with Crippen molar-refractivity contribution in [1.29, 1.82) is 0 Å². The molecule has 0 unspecified atom stereocenters. The van der Waals surface area contributed by atoms with Crippen molar-refractivity contribution in [3.63, 3.8) is 0 Å². The van der Waals surface area contributed by atoms with Crippen molar-refractivity contribution in [2.24, 2.45) is 11.8 Å². The molecule has 1 aliphatic rings. The van der Waals surface area contributed by atoms with Crippen LogP contribution in [0.25, 0.3) is 6.08 Å². The van der Waals surface area contributed by atoms with Gasteiger partial charge in [-0.1, -0.05) is 38.8 Å². The number of hydrogen-bond acceptors (Lipinski definition) is 2. The highest BCUT2D eigenvalue weighted by atomic mass is 16.5. The van der Waals surface area contributed by atoms with E-state index in [2.05, 4.69) is 19.2 Å². The fourth-order valence-corrected chi connectivity index (χ4v) is 2.90. The Hall–Kier alpha value is -1.77. The zero-order valence-electron chi connectivity index (χ0n) is 13.1. The minimum Gasteiger partial charge on any atom is -0.497 e. The molecule has 0 heterocycles. The van der Waals surface area contributed by atoms with Crippen LogP contribution in [-0.4, -0.2) is 19.1 Å². The molecule has 0 radical (unpaired) electrons. The van der Waals surface area contributed by atoms with Gasteiger partial charge in [0.05, 0.1) is 7.11 Å². The molecule has 1 amide bonds. The van der Waals surface area contributed by atoms with E-state index in [-0.39, 0.29) is 5.91 Å². The van der Waals surface area contributed by atoms with Gasteiger partial charge in [-0.05, 0) is 42.0 Å². The predicted molar refractivity (Wildman–Crippen MR) is 86.1 cm³/mol. The summed E-state index contributed by atoms with van der Waals surface area (Å²) in [4.78, 5) is 12.0. The lowest BCUT2D eigenvalue weighted by atomic mass is 9.78. The first-order valence-electron chi connectivity index (χ1n) is 7.73. The molecule has 3 atom stereocenters. The summed E-state index contributed by atoms with van der Waals surface area (Å²) >= 11 is 0. The van der Waals surface area contributed by atoms with Gasteiger partial charge in [0, 0.05) is 12.1 Å². The maximum atomic E-state index is 12.0. The molecule has 0 saturated heterocycles. The van der Waals surface area contributed by atoms with Crippen LogP contribution in [-0.2, 0) is 4.79 Å². The number of carbonyl (C=O) groups excluding carboxylic acids is 1. The van der Waals surface area contributed by atoms with Crippen molar-refractivity contribution < 1.29 is 9.53 Å². The summed E-state index contributed by atoms with van der Waals surface area (Å²) in [5.41, 5.74) is 0.996. The number of carbonyl (C=O) groups is 1. The van der Waals surface area contributed by atoms with Gasteiger partial charge >= 0.3 is 0 Å². The highest BCUT2D eigenvalue weighted by Crippen LogP contribution is 2.29. The standard InChI is InChI=1S/C18H25NO2/c1-13-5-4-6-17(14(13)2)19-18(20)12-9-15-7-10-16(21-3)11-8-15/h7-14,17H,4-6H2,1-3H3,(H,19,20)/b12-9+/t13-,14-,17-/m1/s1. The molecule has 1 fully saturated rings. The molecule has 0 aromatic heterocycles. The molecule has 3 nitrogen and oxygen atoms in total. The predicted octanol–water partition coefficient (Wildman–Crippen LogP) is 3.65. The number of methoxy groups -OCH3 is 1. The Labute approximate surface area is 127 Å². The maximum Gasteiger partial charge on any atom is 0.244 e. The molecule has 1 N–H and O–H groups in total. The van der Waals surface area contributed by atoms with Crippen LogP contribution in [0.5, 0.6) is 5.75 Å². The van der Waals surface area contributed by atoms with E-state index in [9.17, 15) is 4.79 Å². The second-order valence-electron chi connectivity index (χ2n) is 5.99. The van der Waals surface area contributed by atoms with Crippen LogP contribution in [0, 0.1) is 11.8 Å². The fourth-order valence-electron chi connectivity index (χ4n) is 2.90. The minimum absolute atomic E-state index is 0.00299. The quantitative estimate of drug-likeness (QED) is 0.858. The van der Waals surface area contributed by atoms with Crippen molar-refractivity contribution >= 4 is 12.0 Å². The van der Waals surface area contributed by atoms with Gasteiger partial charge in [-0.15, -0.1) is 0 Å². The molecule has 0 aliphatic heterocycles. The van der Waals surface area contributed by atoms with Crippen LogP contribution in [0.3, 0.4) is 0 Å². The molecular formula is C18H25NO2. The molecule has 0 spiro atoms. The van der Waals surface area contributed by atoms with Crippen LogP contribution < -0.4 is 10.1 Å². The molecule has 114 valence electrons. The van der Waals surface area contributed by atoms with Crippen LogP contribution >= 0.6 is 0 Å². The third-order valence-electron chi connectivity index (χ3n) is 4.58. The van der Waals surface area contributed by atoms with Crippen molar-refractivity contribution in [3.05, 3.63) is 35.9 Å². The van der Waals surface area contributed by atoms with Gasteiger partial charge < -0.3 is 10.1 Å². The molecule has 3 heteroatoms. The number of hydrogen-bond donors (Lipinski definition) is 1. The SMILES string of the molecule is COc1ccc(/C=C/C(=O)N[C@@H]2CCC[C@@H](C)[C@H]2C)cc1. The largest absolute Gasteiger partial charge is 0.497 e. The Bertz CT molecular complexity index is 492. The molecule has 0 bridgehead atoms.